The van der Waals surface area contributed by atoms with Gasteiger partial charge in [-0.3, -0.25) is 14.5 Å². The number of quaternary nitrogens is 1. The summed E-state index contributed by atoms with van der Waals surface area (Å²) < 4.78 is 4.73. The van der Waals surface area contributed by atoms with Crippen molar-refractivity contribution in [1.29, 1.82) is 0 Å². The molecule has 2 rings (SSSR count). The maximum Gasteiger partial charge on any atom is 0.308 e. The van der Waals surface area contributed by atoms with E-state index in [-0.39, 0.29) is 12.3 Å². The first-order valence-electron chi connectivity index (χ1n) is 7.51. The van der Waals surface area contributed by atoms with E-state index in [2.05, 4.69) is 0 Å². The molecule has 0 unspecified atom stereocenters. The van der Waals surface area contributed by atoms with Gasteiger partial charge in [-0.05, 0) is 24.4 Å². The van der Waals surface area contributed by atoms with E-state index in [0.29, 0.717) is 11.7 Å². The van der Waals surface area contributed by atoms with E-state index in [1.165, 1.54) is 16.9 Å². The maximum absolute atomic E-state index is 12.8. The first-order valence-corrected chi connectivity index (χ1v) is 7.92. The third kappa shape index (κ3) is 3.86. The summed E-state index contributed by atoms with van der Waals surface area (Å²) >= 11 is 5.51. The van der Waals surface area contributed by atoms with Crippen molar-refractivity contribution in [3.63, 3.8) is 0 Å². The molecule has 1 aromatic carbocycles. The van der Waals surface area contributed by atoms with E-state index < -0.39 is 12.0 Å². The molecule has 0 aromatic heterocycles. The fraction of sp³-hybridized carbons (Fsp3) is 0.438. The van der Waals surface area contributed by atoms with Gasteiger partial charge < -0.3 is 14.5 Å². The minimum absolute atomic E-state index is 0.00156. The van der Waals surface area contributed by atoms with Crippen LogP contribution in [0.5, 0.6) is 0 Å². The van der Waals surface area contributed by atoms with Crippen LogP contribution in [0.25, 0.3) is 0 Å². The zero-order chi connectivity index (χ0) is 17.0. The SMILES string of the molecule is COC(=O)C[C@H]1C(=O)N(c2ccccc2)C(=S)N1CC[NH+](C)C. The van der Waals surface area contributed by atoms with Crippen LogP contribution in [0.3, 0.4) is 0 Å². The topological polar surface area (TPSA) is 54.3 Å². The first-order chi connectivity index (χ1) is 11.0. The zero-order valence-electron chi connectivity index (χ0n) is 13.6. The number of carbonyl (C=O) groups is 2. The Labute approximate surface area is 141 Å². The largest absolute Gasteiger partial charge is 0.469 e. The van der Waals surface area contributed by atoms with Crippen LogP contribution in [0.15, 0.2) is 30.3 Å². The summed E-state index contributed by atoms with van der Waals surface area (Å²) in [7, 11) is 5.39. The van der Waals surface area contributed by atoms with Crippen molar-refractivity contribution >= 4 is 34.9 Å². The van der Waals surface area contributed by atoms with Crippen molar-refractivity contribution in [3.05, 3.63) is 30.3 Å². The van der Waals surface area contributed by atoms with Crippen molar-refractivity contribution in [2.45, 2.75) is 12.5 Å². The highest BCUT2D eigenvalue weighted by Gasteiger charge is 2.44. The highest BCUT2D eigenvalue weighted by Crippen LogP contribution is 2.26. The van der Waals surface area contributed by atoms with Gasteiger partial charge in [-0.2, -0.15) is 0 Å². The second kappa shape index (κ2) is 7.52. The van der Waals surface area contributed by atoms with E-state index in [0.717, 1.165) is 12.2 Å². The molecule has 1 aromatic rings. The number of esters is 1. The van der Waals surface area contributed by atoms with Crippen LogP contribution in [0, 0.1) is 0 Å². The molecular formula is C16H22N3O3S+. The number of ether oxygens (including phenoxy) is 1. The molecule has 1 heterocycles. The van der Waals surface area contributed by atoms with Crippen molar-refractivity contribution < 1.29 is 19.2 Å². The van der Waals surface area contributed by atoms with Gasteiger partial charge in [0, 0.05) is 0 Å². The number of nitrogens with zero attached hydrogens (tertiary/aromatic N) is 2. The molecule has 1 fully saturated rings. The lowest BCUT2D eigenvalue weighted by Crippen LogP contribution is -3.06. The van der Waals surface area contributed by atoms with Gasteiger partial charge in [0.05, 0.1) is 46.4 Å². The average molecular weight is 336 g/mol. The van der Waals surface area contributed by atoms with Crippen molar-refractivity contribution in [1.82, 2.24) is 4.90 Å². The third-order valence-electron chi connectivity index (χ3n) is 3.77. The molecule has 1 N–H and O–H groups in total. The predicted octanol–water partition coefficient (Wildman–Crippen LogP) is -0.304. The molecule has 124 valence electrons. The molecule has 0 aliphatic carbocycles. The monoisotopic (exact) mass is 336 g/mol. The van der Waals surface area contributed by atoms with E-state index in [1.807, 2.05) is 49.3 Å². The van der Waals surface area contributed by atoms with Crippen LogP contribution in [-0.4, -0.2) is 62.2 Å². The lowest BCUT2D eigenvalue weighted by atomic mass is 10.2. The standard InChI is InChI=1S/C16H21N3O3S/c1-17(2)9-10-18-13(11-14(20)22-3)15(21)19(16(18)23)12-7-5-4-6-8-12/h4-8,13H,9-11H2,1-3H3/p+1/t13-/m0/s1. The fourth-order valence-corrected chi connectivity index (χ4v) is 2.90. The van der Waals surface area contributed by atoms with E-state index in [4.69, 9.17) is 17.0 Å². The third-order valence-corrected chi connectivity index (χ3v) is 4.19. The Kier molecular flexibility index (Phi) is 5.68. The molecular weight excluding hydrogens is 314 g/mol. The van der Waals surface area contributed by atoms with Crippen molar-refractivity contribution in [3.8, 4) is 0 Å². The highest BCUT2D eigenvalue weighted by atomic mass is 32.1. The van der Waals surface area contributed by atoms with E-state index in [1.54, 1.807) is 0 Å². The van der Waals surface area contributed by atoms with Crippen LogP contribution >= 0.6 is 12.2 Å². The van der Waals surface area contributed by atoms with E-state index >= 15 is 0 Å². The van der Waals surface area contributed by atoms with Gasteiger partial charge in [-0.25, -0.2) is 0 Å². The summed E-state index contributed by atoms with van der Waals surface area (Å²) in [4.78, 5) is 29.1. The molecule has 1 aliphatic rings. The summed E-state index contributed by atoms with van der Waals surface area (Å²) in [6.45, 7) is 1.42. The minimum atomic E-state index is -0.602. The summed E-state index contributed by atoms with van der Waals surface area (Å²) in [5, 5.41) is 0.441. The molecule has 0 bridgehead atoms. The molecule has 1 amide bonds. The lowest BCUT2D eigenvalue weighted by molar-refractivity contribution is -0.857. The summed E-state index contributed by atoms with van der Waals surface area (Å²) in [5.41, 5.74) is 0.720. The number of hydrogen-bond acceptors (Lipinski definition) is 4. The van der Waals surface area contributed by atoms with Crippen LogP contribution < -0.4 is 9.80 Å². The van der Waals surface area contributed by atoms with Gasteiger partial charge in [-0.15, -0.1) is 0 Å². The lowest BCUT2D eigenvalue weighted by Gasteiger charge is -2.23. The Balaban J connectivity index is 2.28. The quantitative estimate of drug-likeness (QED) is 0.571. The van der Waals surface area contributed by atoms with Crippen molar-refractivity contribution in [2.75, 3.05) is 39.2 Å². The molecule has 0 saturated carbocycles. The predicted molar refractivity (Wildman–Crippen MR) is 91.3 cm³/mol. The molecule has 7 heteroatoms. The Bertz CT molecular complexity index is 591. The first kappa shape index (κ1) is 17.4. The van der Waals surface area contributed by atoms with Crippen LogP contribution in [0.2, 0.25) is 0 Å². The molecule has 23 heavy (non-hydrogen) atoms. The average Bonchev–Trinajstić information content (AvgIpc) is 2.76. The second-order valence-corrected chi connectivity index (χ2v) is 6.10. The molecule has 0 spiro atoms. The highest BCUT2D eigenvalue weighted by molar-refractivity contribution is 7.80. The summed E-state index contributed by atoms with van der Waals surface area (Å²) in [6.07, 6.45) is 0.00156. The van der Waals surface area contributed by atoms with Gasteiger partial charge in [-0.1, -0.05) is 18.2 Å². The van der Waals surface area contributed by atoms with Gasteiger partial charge in [0.2, 0.25) is 0 Å². The van der Waals surface area contributed by atoms with Crippen LogP contribution in [0.4, 0.5) is 5.69 Å². The number of hydrogen-bond donors (Lipinski definition) is 1. The Hall–Kier alpha value is -1.99. The normalized spacial score (nSPS) is 18.0. The molecule has 1 aliphatic heterocycles. The molecule has 6 nitrogen and oxygen atoms in total. The van der Waals surface area contributed by atoms with Crippen molar-refractivity contribution in [2.24, 2.45) is 0 Å². The number of methoxy groups -OCH3 is 1. The molecule has 0 radical (unpaired) electrons. The van der Waals surface area contributed by atoms with Gasteiger partial charge in [0.15, 0.2) is 5.11 Å². The Morgan fingerprint density at radius 1 is 1.30 bits per heavy atom. The number of nitrogens with one attached hydrogen (secondary N) is 1. The maximum atomic E-state index is 12.8. The zero-order valence-corrected chi connectivity index (χ0v) is 14.4. The summed E-state index contributed by atoms with van der Waals surface area (Å²) in [5.74, 6) is -0.594. The number of likely N-dealkylation sites (N-methyl/N-ethyl adjacent to an activating group) is 1. The Morgan fingerprint density at radius 3 is 2.52 bits per heavy atom. The number of anilines is 1. The number of amides is 1. The summed E-state index contributed by atoms with van der Waals surface area (Å²) in [6, 6.07) is 8.65. The van der Waals surface area contributed by atoms with Gasteiger partial charge in [0.25, 0.3) is 5.91 Å². The minimum Gasteiger partial charge on any atom is -0.469 e. The number of thiocarbonyl (C=S) groups is 1. The van der Waals surface area contributed by atoms with Gasteiger partial charge >= 0.3 is 5.97 Å². The Morgan fingerprint density at radius 2 is 1.96 bits per heavy atom. The van der Waals surface area contributed by atoms with Gasteiger partial charge in [0.1, 0.15) is 6.04 Å². The van der Waals surface area contributed by atoms with Crippen LogP contribution in [0.1, 0.15) is 6.42 Å². The second-order valence-electron chi connectivity index (χ2n) is 5.74. The number of carbonyl (C=O) groups excluding carboxylic acids is 2. The smallest absolute Gasteiger partial charge is 0.308 e. The molecule has 1 saturated heterocycles. The number of para-hydroxylation sites is 1. The van der Waals surface area contributed by atoms with E-state index in [9.17, 15) is 9.59 Å². The number of rotatable bonds is 6. The fourth-order valence-electron chi connectivity index (χ4n) is 2.49. The molecule has 1 atom stereocenters. The number of benzene rings is 1. The van der Waals surface area contributed by atoms with Crippen LogP contribution in [-0.2, 0) is 14.3 Å².